The first-order chi connectivity index (χ1) is 12.1. The summed E-state index contributed by atoms with van der Waals surface area (Å²) >= 11 is 0. The highest BCUT2D eigenvalue weighted by atomic mass is 16.5. The smallest absolute Gasteiger partial charge is 0.237 e. The summed E-state index contributed by atoms with van der Waals surface area (Å²) in [6, 6.07) is 7.13. The molecule has 1 heterocycles. The van der Waals surface area contributed by atoms with E-state index in [1.165, 1.54) is 13.1 Å². The highest BCUT2D eigenvalue weighted by Gasteiger charge is 2.05. The van der Waals surface area contributed by atoms with Gasteiger partial charge in [-0.25, -0.2) is 4.98 Å². The SMILES string of the molecule is CC(=O)NCCCCCC(=O)Nc1cccc(Oc2cnccn2)c1. The molecule has 25 heavy (non-hydrogen) atoms. The van der Waals surface area contributed by atoms with Gasteiger partial charge in [0, 0.05) is 44.0 Å². The fourth-order valence-corrected chi connectivity index (χ4v) is 2.17. The average molecular weight is 342 g/mol. The highest BCUT2D eigenvalue weighted by molar-refractivity contribution is 5.90. The molecular formula is C18H22N4O3. The van der Waals surface area contributed by atoms with Crippen LogP contribution in [-0.4, -0.2) is 28.3 Å². The van der Waals surface area contributed by atoms with E-state index >= 15 is 0 Å². The molecule has 2 N–H and O–H groups in total. The fraction of sp³-hybridized carbons (Fsp3) is 0.333. The van der Waals surface area contributed by atoms with Crippen molar-refractivity contribution >= 4 is 17.5 Å². The Morgan fingerprint density at radius 3 is 2.80 bits per heavy atom. The molecule has 0 saturated heterocycles. The largest absolute Gasteiger partial charge is 0.437 e. The van der Waals surface area contributed by atoms with Crippen LogP contribution in [0.4, 0.5) is 5.69 Å². The number of rotatable bonds is 9. The number of hydrogen-bond acceptors (Lipinski definition) is 5. The maximum absolute atomic E-state index is 12.0. The Bertz CT molecular complexity index is 692. The van der Waals surface area contributed by atoms with Crippen molar-refractivity contribution in [1.82, 2.24) is 15.3 Å². The number of unbranched alkanes of at least 4 members (excludes halogenated alkanes) is 2. The fourth-order valence-electron chi connectivity index (χ4n) is 2.17. The molecule has 132 valence electrons. The van der Waals surface area contributed by atoms with Crippen LogP contribution in [0.2, 0.25) is 0 Å². The van der Waals surface area contributed by atoms with Crippen LogP contribution in [0.1, 0.15) is 32.6 Å². The van der Waals surface area contributed by atoms with Crippen LogP contribution in [-0.2, 0) is 9.59 Å². The molecule has 1 aromatic carbocycles. The molecule has 0 fully saturated rings. The quantitative estimate of drug-likeness (QED) is 0.684. The van der Waals surface area contributed by atoms with Crippen molar-refractivity contribution in [2.45, 2.75) is 32.6 Å². The molecular weight excluding hydrogens is 320 g/mol. The topological polar surface area (TPSA) is 93.2 Å². The lowest BCUT2D eigenvalue weighted by Crippen LogP contribution is -2.20. The Labute approximate surface area is 146 Å². The number of amides is 2. The minimum absolute atomic E-state index is 0.0265. The van der Waals surface area contributed by atoms with Gasteiger partial charge in [0.2, 0.25) is 17.7 Å². The van der Waals surface area contributed by atoms with Crippen molar-refractivity contribution in [3.63, 3.8) is 0 Å². The summed E-state index contributed by atoms with van der Waals surface area (Å²) in [5.74, 6) is 0.899. The molecule has 7 nitrogen and oxygen atoms in total. The van der Waals surface area contributed by atoms with Gasteiger partial charge < -0.3 is 15.4 Å². The molecule has 2 aromatic rings. The van der Waals surface area contributed by atoms with Gasteiger partial charge >= 0.3 is 0 Å². The normalized spacial score (nSPS) is 10.1. The number of hydrogen-bond donors (Lipinski definition) is 2. The summed E-state index contributed by atoms with van der Waals surface area (Å²) < 4.78 is 5.59. The molecule has 0 aliphatic heterocycles. The molecule has 0 aliphatic rings. The monoisotopic (exact) mass is 342 g/mol. The van der Waals surface area contributed by atoms with Gasteiger partial charge in [0.15, 0.2) is 0 Å². The van der Waals surface area contributed by atoms with E-state index in [1.54, 1.807) is 36.7 Å². The van der Waals surface area contributed by atoms with Crippen LogP contribution in [0.25, 0.3) is 0 Å². The first kappa shape index (κ1) is 18.4. The minimum atomic E-state index is -0.0452. The van der Waals surface area contributed by atoms with Gasteiger partial charge in [0.1, 0.15) is 5.75 Å². The van der Waals surface area contributed by atoms with Crippen LogP contribution in [0, 0.1) is 0 Å². The number of nitrogens with one attached hydrogen (secondary N) is 2. The third kappa shape index (κ3) is 7.43. The molecule has 0 spiro atoms. The Morgan fingerprint density at radius 1 is 1.16 bits per heavy atom. The van der Waals surface area contributed by atoms with E-state index in [9.17, 15) is 9.59 Å². The molecule has 0 bridgehead atoms. The third-order valence-corrected chi connectivity index (χ3v) is 3.33. The molecule has 0 radical (unpaired) electrons. The van der Waals surface area contributed by atoms with Gasteiger partial charge in [-0.15, -0.1) is 0 Å². The Kier molecular flexibility index (Phi) is 7.37. The number of carbonyl (C=O) groups is 2. The Morgan fingerprint density at radius 2 is 2.04 bits per heavy atom. The molecule has 0 saturated carbocycles. The number of anilines is 1. The zero-order valence-corrected chi connectivity index (χ0v) is 14.2. The zero-order valence-electron chi connectivity index (χ0n) is 14.2. The van der Waals surface area contributed by atoms with E-state index in [-0.39, 0.29) is 11.8 Å². The zero-order chi connectivity index (χ0) is 17.9. The van der Waals surface area contributed by atoms with E-state index in [4.69, 9.17) is 4.74 Å². The van der Waals surface area contributed by atoms with Crippen LogP contribution in [0.3, 0.4) is 0 Å². The maximum atomic E-state index is 12.0. The van der Waals surface area contributed by atoms with Gasteiger partial charge in [0.25, 0.3) is 0 Å². The molecule has 1 aromatic heterocycles. The molecule has 0 aliphatic carbocycles. The van der Waals surface area contributed by atoms with Gasteiger partial charge in [-0.1, -0.05) is 12.5 Å². The van der Waals surface area contributed by atoms with Crippen LogP contribution in [0.5, 0.6) is 11.6 Å². The van der Waals surface area contributed by atoms with Crippen LogP contribution < -0.4 is 15.4 Å². The van der Waals surface area contributed by atoms with E-state index in [1.807, 2.05) is 0 Å². The predicted octanol–water partition coefficient (Wildman–Crippen LogP) is 2.90. The van der Waals surface area contributed by atoms with Gasteiger partial charge in [0.05, 0.1) is 6.20 Å². The molecule has 2 amide bonds. The van der Waals surface area contributed by atoms with Crippen molar-refractivity contribution in [1.29, 1.82) is 0 Å². The molecule has 0 atom stereocenters. The van der Waals surface area contributed by atoms with Crippen LogP contribution >= 0.6 is 0 Å². The first-order valence-electron chi connectivity index (χ1n) is 8.22. The number of carbonyl (C=O) groups excluding carboxylic acids is 2. The van der Waals surface area contributed by atoms with Crippen molar-refractivity contribution in [2.75, 3.05) is 11.9 Å². The van der Waals surface area contributed by atoms with Gasteiger partial charge in [-0.2, -0.15) is 0 Å². The second kappa shape index (κ2) is 10.0. The van der Waals surface area contributed by atoms with Crippen molar-refractivity contribution < 1.29 is 14.3 Å². The standard InChI is InChI=1S/C18H22N4O3/c1-14(23)20-9-4-2-3-8-17(24)22-15-6-5-7-16(12-15)25-18-13-19-10-11-21-18/h5-7,10-13H,2-4,8-9H2,1H3,(H,20,23)(H,22,24). The Hall–Kier alpha value is -2.96. The van der Waals surface area contributed by atoms with E-state index < -0.39 is 0 Å². The summed E-state index contributed by atoms with van der Waals surface area (Å²) in [6.45, 7) is 2.15. The van der Waals surface area contributed by atoms with Crippen molar-refractivity contribution in [2.24, 2.45) is 0 Å². The second-order valence-electron chi connectivity index (χ2n) is 5.52. The highest BCUT2D eigenvalue weighted by Crippen LogP contribution is 2.22. The average Bonchev–Trinajstić information content (AvgIpc) is 2.59. The first-order valence-corrected chi connectivity index (χ1v) is 8.22. The van der Waals surface area contributed by atoms with E-state index in [2.05, 4.69) is 20.6 Å². The molecule has 2 rings (SSSR count). The lowest BCUT2D eigenvalue weighted by Gasteiger charge is -2.08. The number of nitrogens with zero attached hydrogens (tertiary/aromatic N) is 2. The summed E-state index contributed by atoms with van der Waals surface area (Å²) in [7, 11) is 0. The van der Waals surface area contributed by atoms with Crippen molar-refractivity contribution in [3.8, 4) is 11.6 Å². The van der Waals surface area contributed by atoms with E-state index in [0.717, 1.165) is 19.3 Å². The lowest BCUT2D eigenvalue weighted by atomic mass is 10.2. The van der Waals surface area contributed by atoms with Crippen molar-refractivity contribution in [3.05, 3.63) is 42.9 Å². The van der Waals surface area contributed by atoms with E-state index in [0.29, 0.717) is 30.3 Å². The lowest BCUT2D eigenvalue weighted by molar-refractivity contribution is -0.119. The number of benzene rings is 1. The summed E-state index contributed by atoms with van der Waals surface area (Å²) in [6.07, 6.45) is 7.62. The molecule has 0 unspecified atom stereocenters. The summed E-state index contributed by atoms with van der Waals surface area (Å²) in [5, 5.41) is 5.59. The number of aromatic nitrogens is 2. The predicted molar refractivity (Wildman–Crippen MR) is 94.3 cm³/mol. The second-order valence-corrected chi connectivity index (χ2v) is 5.52. The summed E-state index contributed by atoms with van der Waals surface area (Å²) in [5.41, 5.74) is 0.671. The molecule has 7 heteroatoms. The number of ether oxygens (including phenoxy) is 1. The van der Waals surface area contributed by atoms with Gasteiger partial charge in [-0.3, -0.25) is 14.6 Å². The summed E-state index contributed by atoms with van der Waals surface area (Å²) in [4.78, 5) is 30.7. The van der Waals surface area contributed by atoms with Crippen LogP contribution in [0.15, 0.2) is 42.9 Å². The minimum Gasteiger partial charge on any atom is -0.437 e. The Balaban J connectivity index is 1.73. The maximum Gasteiger partial charge on any atom is 0.237 e. The third-order valence-electron chi connectivity index (χ3n) is 3.33. The van der Waals surface area contributed by atoms with Gasteiger partial charge in [-0.05, 0) is 25.0 Å².